The number of ether oxygens (including phenoxy) is 2. The molecular weight excluding hydrogens is 398 g/mol. The Bertz CT molecular complexity index is 857. The van der Waals surface area contributed by atoms with Gasteiger partial charge >= 0.3 is 0 Å². The van der Waals surface area contributed by atoms with Gasteiger partial charge < -0.3 is 19.4 Å². The van der Waals surface area contributed by atoms with Crippen LogP contribution in [0.1, 0.15) is 37.8 Å². The van der Waals surface area contributed by atoms with Crippen molar-refractivity contribution >= 4 is 35.3 Å². The van der Waals surface area contributed by atoms with Crippen LogP contribution in [0, 0.1) is 0 Å². The van der Waals surface area contributed by atoms with Gasteiger partial charge in [-0.1, -0.05) is 19.3 Å². The summed E-state index contributed by atoms with van der Waals surface area (Å²) in [6.07, 6.45) is 6.51. The number of halogens is 1. The highest BCUT2D eigenvalue weighted by Gasteiger charge is 2.14. The van der Waals surface area contributed by atoms with Crippen molar-refractivity contribution in [3.05, 3.63) is 34.1 Å². The predicted molar refractivity (Wildman–Crippen MR) is 115 cm³/mol. The van der Waals surface area contributed by atoms with Gasteiger partial charge in [0.1, 0.15) is 0 Å². The number of thiazole rings is 1. The van der Waals surface area contributed by atoms with Crippen LogP contribution in [0.4, 0.5) is 5.69 Å². The fraction of sp³-hybridized carbons (Fsp3) is 0.500. The van der Waals surface area contributed by atoms with Gasteiger partial charge in [0.15, 0.2) is 16.3 Å². The first-order valence-electron chi connectivity index (χ1n) is 9.30. The Hall–Kier alpha value is -1.99. The molecule has 1 aliphatic carbocycles. The summed E-state index contributed by atoms with van der Waals surface area (Å²) in [5.41, 5.74) is 1.65. The van der Waals surface area contributed by atoms with Crippen molar-refractivity contribution in [2.24, 2.45) is 12.0 Å². The molecule has 0 bridgehead atoms. The number of hydrogen-bond donors (Lipinski definition) is 1. The lowest BCUT2D eigenvalue weighted by Crippen LogP contribution is -2.22. The van der Waals surface area contributed by atoms with E-state index in [9.17, 15) is 4.79 Å². The number of nitrogens with zero attached hydrogens (tertiary/aromatic N) is 2. The van der Waals surface area contributed by atoms with Crippen LogP contribution in [-0.4, -0.2) is 30.7 Å². The topological polar surface area (TPSA) is 64.8 Å². The van der Waals surface area contributed by atoms with E-state index in [-0.39, 0.29) is 18.3 Å². The SMILES string of the molecule is COc1ccc(NC(=O)Cc2csc(=NC3CCCCC3)n2C)cc1OC.Cl. The summed E-state index contributed by atoms with van der Waals surface area (Å²) in [6.45, 7) is 0. The van der Waals surface area contributed by atoms with Crippen LogP contribution in [0.5, 0.6) is 11.5 Å². The van der Waals surface area contributed by atoms with Crippen molar-refractivity contribution < 1.29 is 14.3 Å². The molecule has 1 N–H and O–H groups in total. The Kier molecular flexibility index (Phi) is 8.38. The van der Waals surface area contributed by atoms with Crippen molar-refractivity contribution in [2.75, 3.05) is 19.5 Å². The van der Waals surface area contributed by atoms with Crippen molar-refractivity contribution in [1.82, 2.24) is 4.57 Å². The van der Waals surface area contributed by atoms with Crippen molar-refractivity contribution in [2.45, 2.75) is 44.6 Å². The maximum absolute atomic E-state index is 12.5. The van der Waals surface area contributed by atoms with Gasteiger partial charge in [-0.3, -0.25) is 9.79 Å². The molecule has 3 rings (SSSR count). The van der Waals surface area contributed by atoms with Gasteiger partial charge in [-0.05, 0) is 25.0 Å². The molecule has 0 atom stereocenters. The Labute approximate surface area is 176 Å². The normalized spacial score (nSPS) is 15.0. The van der Waals surface area contributed by atoms with Crippen molar-refractivity contribution in [3.8, 4) is 11.5 Å². The van der Waals surface area contributed by atoms with E-state index >= 15 is 0 Å². The quantitative estimate of drug-likeness (QED) is 0.762. The van der Waals surface area contributed by atoms with Gasteiger partial charge in [-0.25, -0.2) is 0 Å². The van der Waals surface area contributed by atoms with E-state index in [1.165, 1.54) is 32.1 Å². The first kappa shape index (κ1) is 22.3. The number of carbonyl (C=O) groups is 1. The largest absolute Gasteiger partial charge is 0.493 e. The second kappa shape index (κ2) is 10.5. The lowest BCUT2D eigenvalue weighted by Gasteiger charge is -2.16. The van der Waals surface area contributed by atoms with Gasteiger partial charge in [-0.15, -0.1) is 23.7 Å². The molecule has 1 aromatic heterocycles. The molecule has 8 heteroatoms. The third kappa shape index (κ3) is 5.52. The molecule has 1 fully saturated rings. The molecule has 28 heavy (non-hydrogen) atoms. The van der Waals surface area contributed by atoms with Crippen LogP contribution in [0.3, 0.4) is 0 Å². The summed E-state index contributed by atoms with van der Waals surface area (Å²) in [4.78, 5) is 18.4. The van der Waals surface area contributed by atoms with E-state index in [4.69, 9.17) is 14.5 Å². The molecule has 2 aromatic rings. The third-order valence-electron chi connectivity index (χ3n) is 4.89. The average Bonchev–Trinajstić information content (AvgIpc) is 3.02. The Morgan fingerprint density at radius 3 is 2.61 bits per heavy atom. The summed E-state index contributed by atoms with van der Waals surface area (Å²) in [7, 11) is 5.14. The lowest BCUT2D eigenvalue weighted by atomic mass is 9.96. The van der Waals surface area contributed by atoms with Crippen LogP contribution in [-0.2, 0) is 18.3 Å². The molecule has 6 nitrogen and oxygen atoms in total. The van der Waals surface area contributed by atoms with Crippen LogP contribution in [0.25, 0.3) is 0 Å². The van der Waals surface area contributed by atoms with Crippen LogP contribution < -0.4 is 19.6 Å². The Morgan fingerprint density at radius 2 is 1.93 bits per heavy atom. The Balaban J connectivity index is 0.00000280. The highest BCUT2D eigenvalue weighted by atomic mass is 35.5. The van der Waals surface area contributed by atoms with Gasteiger partial charge in [0.25, 0.3) is 0 Å². The van der Waals surface area contributed by atoms with E-state index in [0.29, 0.717) is 29.6 Å². The average molecular weight is 426 g/mol. The molecule has 1 amide bonds. The second-order valence-electron chi connectivity index (χ2n) is 6.78. The van der Waals surface area contributed by atoms with Gasteiger partial charge in [-0.2, -0.15) is 0 Å². The number of aromatic nitrogens is 1. The standard InChI is InChI=1S/C20H27N3O3S.ClH/c1-23-16(13-27-20(23)22-14-7-5-4-6-8-14)12-19(24)21-15-9-10-17(25-2)18(11-15)26-3;/h9-11,13-14H,4-8,12H2,1-3H3,(H,21,24);1H. The Morgan fingerprint density at radius 1 is 1.21 bits per heavy atom. The minimum Gasteiger partial charge on any atom is -0.493 e. The highest BCUT2D eigenvalue weighted by molar-refractivity contribution is 7.07. The third-order valence-corrected chi connectivity index (χ3v) is 5.87. The molecular formula is C20H28ClN3O3S. The van der Waals surface area contributed by atoms with Gasteiger partial charge in [0.05, 0.1) is 26.7 Å². The van der Waals surface area contributed by atoms with E-state index in [2.05, 4.69) is 5.32 Å². The van der Waals surface area contributed by atoms with Gasteiger partial charge in [0, 0.05) is 29.9 Å². The number of nitrogens with one attached hydrogen (secondary N) is 1. The fourth-order valence-corrected chi connectivity index (χ4v) is 4.30. The predicted octanol–water partition coefficient (Wildman–Crippen LogP) is 3.94. The van der Waals surface area contributed by atoms with E-state index in [1.54, 1.807) is 43.8 Å². The number of amides is 1. The first-order valence-corrected chi connectivity index (χ1v) is 10.2. The van der Waals surface area contributed by atoms with Crippen LogP contribution >= 0.6 is 23.7 Å². The summed E-state index contributed by atoms with van der Waals surface area (Å²) in [6, 6.07) is 5.77. The molecule has 0 spiro atoms. The number of rotatable bonds is 6. The molecule has 0 unspecified atom stereocenters. The van der Waals surface area contributed by atoms with Crippen molar-refractivity contribution in [3.63, 3.8) is 0 Å². The van der Waals surface area contributed by atoms with E-state index in [1.807, 2.05) is 17.0 Å². The minimum absolute atomic E-state index is 0. The maximum atomic E-state index is 12.5. The molecule has 1 heterocycles. The zero-order valence-electron chi connectivity index (χ0n) is 16.6. The molecule has 1 aliphatic rings. The number of benzene rings is 1. The first-order chi connectivity index (χ1) is 13.1. The van der Waals surface area contributed by atoms with Crippen molar-refractivity contribution in [1.29, 1.82) is 0 Å². The molecule has 0 radical (unpaired) electrons. The second-order valence-corrected chi connectivity index (χ2v) is 7.62. The monoisotopic (exact) mass is 425 g/mol. The summed E-state index contributed by atoms with van der Waals surface area (Å²) in [5.74, 6) is 1.15. The van der Waals surface area contributed by atoms with Gasteiger partial charge in [0.2, 0.25) is 5.91 Å². The lowest BCUT2D eigenvalue weighted by molar-refractivity contribution is -0.115. The fourth-order valence-electron chi connectivity index (χ4n) is 3.33. The summed E-state index contributed by atoms with van der Waals surface area (Å²) >= 11 is 1.61. The van der Waals surface area contributed by atoms with Crippen LogP contribution in [0.2, 0.25) is 0 Å². The molecule has 154 valence electrons. The number of carbonyl (C=O) groups excluding carboxylic acids is 1. The zero-order valence-corrected chi connectivity index (χ0v) is 18.2. The molecule has 0 saturated heterocycles. The van der Waals surface area contributed by atoms with E-state index in [0.717, 1.165) is 10.5 Å². The van der Waals surface area contributed by atoms with Crippen LogP contribution in [0.15, 0.2) is 28.6 Å². The van der Waals surface area contributed by atoms with E-state index < -0.39 is 0 Å². The number of anilines is 1. The summed E-state index contributed by atoms with van der Waals surface area (Å²) in [5, 5.41) is 4.94. The number of hydrogen-bond acceptors (Lipinski definition) is 5. The minimum atomic E-state index is -0.0696. The molecule has 1 saturated carbocycles. The summed E-state index contributed by atoms with van der Waals surface area (Å²) < 4.78 is 12.5. The maximum Gasteiger partial charge on any atom is 0.230 e. The number of methoxy groups -OCH3 is 2. The highest BCUT2D eigenvalue weighted by Crippen LogP contribution is 2.29. The molecule has 1 aromatic carbocycles. The molecule has 0 aliphatic heterocycles. The smallest absolute Gasteiger partial charge is 0.230 e. The zero-order chi connectivity index (χ0) is 19.2.